The maximum absolute atomic E-state index is 12.2. The summed E-state index contributed by atoms with van der Waals surface area (Å²) in [4.78, 5) is 24.1. The molecule has 3 rings (SSSR count). The molecular weight excluding hydrogens is 398 g/mol. The molecule has 1 aliphatic carbocycles. The van der Waals surface area contributed by atoms with Gasteiger partial charge in [0, 0.05) is 10.4 Å². The molecule has 7 heteroatoms. The molecule has 1 fully saturated rings. The van der Waals surface area contributed by atoms with E-state index in [0.717, 1.165) is 16.5 Å². The van der Waals surface area contributed by atoms with Crippen molar-refractivity contribution >= 4 is 33.4 Å². The van der Waals surface area contributed by atoms with Gasteiger partial charge in [0.05, 0.1) is 19.3 Å². The van der Waals surface area contributed by atoms with Crippen LogP contribution < -0.4 is 20.9 Å². The van der Waals surface area contributed by atoms with E-state index in [-0.39, 0.29) is 30.2 Å². The third kappa shape index (κ3) is 4.54. The molecule has 0 spiro atoms. The molecule has 0 heterocycles. The number of anilines is 1. The van der Waals surface area contributed by atoms with Crippen LogP contribution in [-0.2, 0) is 9.59 Å². The number of amides is 2. The Morgan fingerprint density at radius 2 is 1.96 bits per heavy atom. The van der Waals surface area contributed by atoms with Crippen molar-refractivity contribution in [3.63, 3.8) is 0 Å². The quantitative estimate of drug-likeness (QED) is 0.631. The molecule has 6 nitrogen and oxygen atoms in total. The minimum Gasteiger partial charge on any atom is -0.495 e. The van der Waals surface area contributed by atoms with Gasteiger partial charge in [0.15, 0.2) is 0 Å². The van der Waals surface area contributed by atoms with E-state index < -0.39 is 0 Å². The number of methoxy groups -OCH3 is 1. The highest BCUT2D eigenvalue weighted by Gasteiger charge is 2.44. The van der Waals surface area contributed by atoms with Crippen LogP contribution in [0.4, 0.5) is 5.69 Å². The van der Waals surface area contributed by atoms with Crippen LogP contribution in [0.2, 0.25) is 0 Å². The number of nitrogens with one attached hydrogen (secondary N) is 3. The van der Waals surface area contributed by atoms with Gasteiger partial charge < -0.3 is 10.1 Å². The zero-order valence-electron chi connectivity index (χ0n) is 14.3. The molecule has 0 aliphatic heterocycles. The summed E-state index contributed by atoms with van der Waals surface area (Å²) in [6.45, 7) is 0.0282. The molecule has 0 radical (unpaired) electrons. The molecule has 1 saturated carbocycles. The van der Waals surface area contributed by atoms with Crippen molar-refractivity contribution in [3.05, 3.63) is 58.6 Å². The van der Waals surface area contributed by atoms with E-state index in [4.69, 9.17) is 4.74 Å². The van der Waals surface area contributed by atoms with Gasteiger partial charge >= 0.3 is 0 Å². The minimum absolute atomic E-state index is 0.0282. The number of ether oxygens (including phenoxy) is 1. The van der Waals surface area contributed by atoms with Crippen LogP contribution in [-0.4, -0.2) is 25.5 Å². The second kappa shape index (κ2) is 8.23. The first-order valence-corrected chi connectivity index (χ1v) is 9.09. The predicted molar refractivity (Wildman–Crippen MR) is 103 cm³/mol. The lowest BCUT2D eigenvalue weighted by Crippen LogP contribution is -2.45. The van der Waals surface area contributed by atoms with Gasteiger partial charge in [0.2, 0.25) is 5.91 Å². The molecule has 3 N–H and O–H groups in total. The lowest BCUT2D eigenvalue weighted by molar-refractivity contribution is -0.128. The summed E-state index contributed by atoms with van der Waals surface area (Å²) in [7, 11) is 1.57. The van der Waals surface area contributed by atoms with Gasteiger partial charge in [-0.15, -0.1) is 0 Å². The van der Waals surface area contributed by atoms with E-state index in [2.05, 4.69) is 32.1 Å². The summed E-state index contributed by atoms with van der Waals surface area (Å²) >= 11 is 3.44. The average Bonchev–Trinajstić information content (AvgIpc) is 3.45. The fourth-order valence-corrected chi connectivity index (χ4v) is 3.24. The minimum atomic E-state index is -0.330. The zero-order chi connectivity index (χ0) is 18.5. The van der Waals surface area contributed by atoms with Gasteiger partial charge in [0.1, 0.15) is 5.75 Å². The number of hydrogen-bond acceptors (Lipinski definition) is 4. The monoisotopic (exact) mass is 417 g/mol. The van der Waals surface area contributed by atoms with E-state index in [0.29, 0.717) is 11.4 Å². The Bertz CT molecular complexity index is 812. The number of rotatable bonds is 6. The fraction of sp³-hybridized carbons (Fsp3) is 0.263. The van der Waals surface area contributed by atoms with E-state index >= 15 is 0 Å². The van der Waals surface area contributed by atoms with Crippen LogP contribution in [0.15, 0.2) is 53.0 Å². The first-order valence-electron chi connectivity index (χ1n) is 8.29. The standard InChI is InChI=1S/C19H20BrN3O3/c1-26-17-8-3-2-7-16(17)21-11-18(24)22-23-19(25)15-10-14(15)12-5-4-6-13(20)9-12/h2-9,14-15,21H,10-11H2,1H3,(H,22,24)(H,23,25). The molecule has 26 heavy (non-hydrogen) atoms. The summed E-state index contributed by atoms with van der Waals surface area (Å²) in [5, 5.41) is 2.98. The Morgan fingerprint density at radius 1 is 1.15 bits per heavy atom. The first kappa shape index (κ1) is 18.3. The maximum atomic E-state index is 12.2. The molecule has 2 atom stereocenters. The highest BCUT2D eigenvalue weighted by atomic mass is 79.9. The van der Waals surface area contributed by atoms with Gasteiger partial charge in [-0.05, 0) is 42.2 Å². The van der Waals surface area contributed by atoms with Gasteiger partial charge in [0.25, 0.3) is 5.91 Å². The predicted octanol–water partition coefficient (Wildman–Crippen LogP) is 2.82. The second-order valence-corrected chi connectivity index (χ2v) is 7.01. The van der Waals surface area contributed by atoms with Crippen LogP contribution >= 0.6 is 15.9 Å². The Balaban J connectivity index is 1.43. The smallest absolute Gasteiger partial charge is 0.257 e. The molecule has 136 valence electrons. The van der Waals surface area contributed by atoms with Crippen LogP contribution in [0.1, 0.15) is 17.9 Å². The van der Waals surface area contributed by atoms with E-state index in [1.807, 2.05) is 42.5 Å². The van der Waals surface area contributed by atoms with Crippen molar-refractivity contribution in [1.82, 2.24) is 10.9 Å². The molecule has 2 amide bonds. The Kier molecular flexibility index (Phi) is 5.78. The van der Waals surface area contributed by atoms with Crippen molar-refractivity contribution in [1.29, 1.82) is 0 Å². The molecule has 0 aromatic heterocycles. The molecule has 0 saturated heterocycles. The third-order valence-corrected chi connectivity index (χ3v) is 4.77. The molecule has 1 aliphatic rings. The van der Waals surface area contributed by atoms with Gasteiger partial charge in [-0.3, -0.25) is 20.4 Å². The number of carbonyl (C=O) groups excluding carboxylic acids is 2. The van der Waals surface area contributed by atoms with E-state index in [1.54, 1.807) is 13.2 Å². The summed E-state index contributed by atoms with van der Waals surface area (Å²) in [6, 6.07) is 15.3. The summed E-state index contributed by atoms with van der Waals surface area (Å²) in [6.07, 6.45) is 0.789. The third-order valence-electron chi connectivity index (χ3n) is 4.28. The van der Waals surface area contributed by atoms with Crippen LogP contribution in [0.5, 0.6) is 5.75 Å². The highest BCUT2D eigenvalue weighted by molar-refractivity contribution is 9.10. The Morgan fingerprint density at radius 3 is 2.73 bits per heavy atom. The molecule has 2 aromatic rings. The number of benzene rings is 2. The molecular formula is C19H20BrN3O3. The second-order valence-electron chi connectivity index (χ2n) is 6.09. The van der Waals surface area contributed by atoms with Gasteiger partial charge in [-0.25, -0.2) is 0 Å². The SMILES string of the molecule is COc1ccccc1NCC(=O)NNC(=O)C1CC1c1cccc(Br)c1. The lowest BCUT2D eigenvalue weighted by atomic mass is 10.1. The molecule has 2 aromatic carbocycles. The first-order chi connectivity index (χ1) is 12.6. The van der Waals surface area contributed by atoms with Crippen molar-refractivity contribution in [2.45, 2.75) is 12.3 Å². The molecule has 2 unspecified atom stereocenters. The largest absolute Gasteiger partial charge is 0.495 e. The molecule has 0 bridgehead atoms. The summed E-state index contributed by atoms with van der Waals surface area (Å²) in [5.74, 6) is 0.256. The highest BCUT2D eigenvalue weighted by Crippen LogP contribution is 2.47. The van der Waals surface area contributed by atoms with Crippen LogP contribution in [0.25, 0.3) is 0 Å². The van der Waals surface area contributed by atoms with E-state index in [1.165, 1.54) is 0 Å². The Hall–Kier alpha value is -2.54. The summed E-state index contributed by atoms with van der Waals surface area (Å²) < 4.78 is 6.21. The fourth-order valence-electron chi connectivity index (χ4n) is 2.82. The summed E-state index contributed by atoms with van der Waals surface area (Å²) in [5.41, 5.74) is 6.79. The number of carbonyl (C=O) groups is 2. The van der Waals surface area contributed by atoms with Crippen molar-refractivity contribution in [2.24, 2.45) is 5.92 Å². The number of hydrogen-bond donors (Lipinski definition) is 3. The van der Waals surface area contributed by atoms with Crippen molar-refractivity contribution in [3.8, 4) is 5.75 Å². The normalized spacial score (nSPS) is 17.9. The van der Waals surface area contributed by atoms with Crippen LogP contribution in [0.3, 0.4) is 0 Å². The zero-order valence-corrected chi connectivity index (χ0v) is 15.9. The van der Waals surface area contributed by atoms with E-state index in [9.17, 15) is 9.59 Å². The van der Waals surface area contributed by atoms with Crippen molar-refractivity contribution in [2.75, 3.05) is 19.0 Å². The average molecular weight is 418 g/mol. The number of hydrazine groups is 1. The van der Waals surface area contributed by atoms with Gasteiger partial charge in [-0.2, -0.15) is 0 Å². The van der Waals surface area contributed by atoms with Gasteiger partial charge in [-0.1, -0.05) is 40.2 Å². The number of para-hydroxylation sites is 2. The van der Waals surface area contributed by atoms with Crippen LogP contribution in [0, 0.1) is 5.92 Å². The topological polar surface area (TPSA) is 79.5 Å². The lowest BCUT2D eigenvalue weighted by Gasteiger charge is -2.11. The van der Waals surface area contributed by atoms with Crippen molar-refractivity contribution < 1.29 is 14.3 Å². The Labute approximate surface area is 160 Å². The maximum Gasteiger partial charge on any atom is 0.257 e. The number of halogens is 1.